The second-order valence-corrected chi connectivity index (χ2v) is 10.1. The number of benzene rings is 1. The van der Waals surface area contributed by atoms with E-state index in [1.165, 1.54) is 28.6 Å². The fourth-order valence-electron chi connectivity index (χ4n) is 3.16. The van der Waals surface area contributed by atoms with Gasteiger partial charge in [0.1, 0.15) is 4.88 Å². The highest BCUT2D eigenvalue weighted by molar-refractivity contribution is 7.89. The molecular weight excluding hydrogens is 450 g/mol. The van der Waals surface area contributed by atoms with Crippen LogP contribution in [-0.2, 0) is 19.6 Å². The molecule has 1 N–H and O–H groups in total. The third kappa shape index (κ3) is 5.00. The summed E-state index contributed by atoms with van der Waals surface area (Å²) in [5.74, 6) is -1.03. The van der Waals surface area contributed by atoms with Crippen molar-refractivity contribution in [3.05, 3.63) is 39.9 Å². The molecule has 1 aromatic carbocycles. The van der Waals surface area contributed by atoms with Crippen molar-refractivity contribution in [3.63, 3.8) is 0 Å². The molecule has 8 nitrogen and oxygen atoms in total. The first-order valence-corrected chi connectivity index (χ1v) is 12.1. The summed E-state index contributed by atoms with van der Waals surface area (Å²) in [4.78, 5) is 29.3. The Kier molecular flexibility index (Phi) is 7.12. The molecule has 0 aliphatic carbocycles. The van der Waals surface area contributed by atoms with E-state index in [0.29, 0.717) is 33.6 Å². The number of rotatable bonds is 6. The van der Waals surface area contributed by atoms with Gasteiger partial charge >= 0.3 is 5.97 Å². The molecule has 2 heterocycles. The first kappa shape index (κ1) is 22.7. The summed E-state index contributed by atoms with van der Waals surface area (Å²) in [5.41, 5.74) is 0.498. The second kappa shape index (κ2) is 9.42. The zero-order valence-corrected chi connectivity index (χ0v) is 18.9. The van der Waals surface area contributed by atoms with Gasteiger partial charge in [0, 0.05) is 24.0 Å². The van der Waals surface area contributed by atoms with E-state index in [-0.39, 0.29) is 36.4 Å². The van der Waals surface area contributed by atoms with Crippen LogP contribution in [0.2, 0.25) is 5.02 Å². The summed E-state index contributed by atoms with van der Waals surface area (Å²) in [7, 11) is -3.62. The van der Waals surface area contributed by atoms with Gasteiger partial charge < -0.3 is 10.1 Å². The maximum Gasteiger partial charge on any atom is 0.350 e. The Morgan fingerprint density at radius 1 is 1.27 bits per heavy atom. The lowest BCUT2D eigenvalue weighted by Gasteiger charge is -2.30. The number of nitrogens with zero attached hydrogens (tertiary/aromatic N) is 2. The lowest BCUT2D eigenvalue weighted by Crippen LogP contribution is -2.41. The van der Waals surface area contributed by atoms with Gasteiger partial charge in [-0.05, 0) is 51.0 Å². The Balaban J connectivity index is 1.60. The molecule has 1 fully saturated rings. The monoisotopic (exact) mass is 471 g/mol. The molecule has 162 valence electrons. The summed E-state index contributed by atoms with van der Waals surface area (Å²) in [5, 5.41) is 3.54. The van der Waals surface area contributed by atoms with Crippen LogP contribution in [0.5, 0.6) is 0 Å². The molecule has 0 saturated carbocycles. The summed E-state index contributed by atoms with van der Waals surface area (Å²) < 4.78 is 31.9. The minimum Gasteiger partial charge on any atom is -0.462 e. The van der Waals surface area contributed by atoms with Crippen LogP contribution in [0.4, 0.5) is 5.13 Å². The number of thiazole rings is 1. The van der Waals surface area contributed by atoms with Crippen molar-refractivity contribution in [1.82, 2.24) is 9.29 Å². The van der Waals surface area contributed by atoms with Gasteiger partial charge in [-0.25, -0.2) is 18.2 Å². The summed E-state index contributed by atoms with van der Waals surface area (Å²) >= 11 is 6.90. The van der Waals surface area contributed by atoms with Crippen molar-refractivity contribution in [2.24, 2.45) is 5.92 Å². The average molecular weight is 472 g/mol. The van der Waals surface area contributed by atoms with E-state index in [9.17, 15) is 18.0 Å². The van der Waals surface area contributed by atoms with Crippen LogP contribution in [0.25, 0.3) is 0 Å². The summed E-state index contributed by atoms with van der Waals surface area (Å²) in [6.07, 6.45) is 0.793. The number of aromatic nitrogens is 1. The minimum atomic E-state index is -3.62. The molecule has 1 amide bonds. The topological polar surface area (TPSA) is 106 Å². The Morgan fingerprint density at radius 3 is 2.50 bits per heavy atom. The molecule has 3 rings (SSSR count). The van der Waals surface area contributed by atoms with Crippen LogP contribution in [0.15, 0.2) is 29.2 Å². The Morgan fingerprint density at radius 2 is 1.90 bits per heavy atom. The highest BCUT2D eigenvalue weighted by Gasteiger charge is 2.32. The number of nitrogens with one attached hydrogen (secondary N) is 1. The normalized spacial score (nSPS) is 15.7. The van der Waals surface area contributed by atoms with Crippen molar-refractivity contribution in [1.29, 1.82) is 0 Å². The fraction of sp³-hybridized carbons (Fsp3) is 0.421. The molecule has 11 heteroatoms. The highest BCUT2D eigenvalue weighted by Crippen LogP contribution is 2.28. The SMILES string of the molecule is CCOC(=O)c1sc(NC(=O)C2CCN(S(=O)(=O)c3ccc(Cl)cc3)CC2)nc1C. The van der Waals surface area contributed by atoms with E-state index in [1.54, 1.807) is 13.8 Å². The number of anilines is 1. The minimum absolute atomic E-state index is 0.180. The average Bonchev–Trinajstić information content (AvgIpc) is 3.08. The van der Waals surface area contributed by atoms with E-state index in [2.05, 4.69) is 10.3 Å². The Labute approximate surface area is 184 Å². The number of hydrogen-bond donors (Lipinski definition) is 1. The molecule has 0 spiro atoms. The van der Waals surface area contributed by atoms with Gasteiger partial charge in [-0.3, -0.25) is 4.79 Å². The van der Waals surface area contributed by atoms with Gasteiger partial charge in [0.05, 0.1) is 17.2 Å². The van der Waals surface area contributed by atoms with Gasteiger partial charge in [0.15, 0.2) is 5.13 Å². The van der Waals surface area contributed by atoms with Crippen LogP contribution >= 0.6 is 22.9 Å². The predicted octanol–water partition coefficient (Wildman–Crippen LogP) is 3.32. The standard InChI is InChI=1S/C19H22ClN3O5S2/c1-3-28-18(25)16-12(2)21-19(29-16)22-17(24)13-8-10-23(11-9-13)30(26,27)15-6-4-14(20)5-7-15/h4-7,13H,3,8-11H2,1-2H3,(H,21,22,24). The molecule has 1 saturated heterocycles. The van der Waals surface area contributed by atoms with Gasteiger partial charge in [-0.2, -0.15) is 4.31 Å². The molecule has 1 aliphatic heterocycles. The molecule has 0 atom stereocenters. The van der Waals surface area contributed by atoms with Crippen LogP contribution in [0.1, 0.15) is 35.1 Å². The van der Waals surface area contributed by atoms with Crippen molar-refractivity contribution in [2.75, 3.05) is 25.0 Å². The molecule has 0 radical (unpaired) electrons. The first-order valence-electron chi connectivity index (χ1n) is 9.43. The van der Waals surface area contributed by atoms with Gasteiger partial charge in [0.2, 0.25) is 15.9 Å². The Hall–Kier alpha value is -2.01. The van der Waals surface area contributed by atoms with E-state index >= 15 is 0 Å². The number of hydrogen-bond acceptors (Lipinski definition) is 7. The van der Waals surface area contributed by atoms with Crippen LogP contribution in [-0.4, -0.2) is 49.3 Å². The number of esters is 1. The zero-order valence-electron chi connectivity index (χ0n) is 16.6. The first-order chi connectivity index (χ1) is 14.2. The molecule has 1 aromatic heterocycles. The Bertz CT molecular complexity index is 1030. The smallest absolute Gasteiger partial charge is 0.350 e. The lowest BCUT2D eigenvalue weighted by molar-refractivity contribution is -0.120. The highest BCUT2D eigenvalue weighted by atomic mass is 35.5. The molecule has 0 unspecified atom stereocenters. The summed E-state index contributed by atoms with van der Waals surface area (Å²) in [6, 6.07) is 6.02. The molecule has 30 heavy (non-hydrogen) atoms. The third-order valence-corrected chi connectivity index (χ3v) is 7.98. The van der Waals surface area contributed by atoms with Crippen LogP contribution < -0.4 is 5.32 Å². The number of sulfonamides is 1. The maximum absolute atomic E-state index is 12.8. The van der Waals surface area contributed by atoms with Gasteiger partial charge in [-0.15, -0.1) is 0 Å². The molecule has 2 aromatic rings. The van der Waals surface area contributed by atoms with E-state index in [1.807, 2.05) is 0 Å². The van der Waals surface area contributed by atoms with Gasteiger partial charge in [0.25, 0.3) is 0 Å². The van der Waals surface area contributed by atoms with Crippen molar-refractivity contribution in [2.45, 2.75) is 31.6 Å². The van der Waals surface area contributed by atoms with Crippen molar-refractivity contribution >= 4 is 50.0 Å². The molecular formula is C19H22ClN3O5S2. The van der Waals surface area contributed by atoms with Crippen molar-refractivity contribution in [3.8, 4) is 0 Å². The van der Waals surface area contributed by atoms with Crippen molar-refractivity contribution < 1.29 is 22.7 Å². The third-order valence-electron chi connectivity index (χ3n) is 4.76. The number of piperidine rings is 1. The zero-order chi connectivity index (χ0) is 21.9. The molecule has 0 bridgehead atoms. The second-order valence-electron chi connectivity index (χ2n) is 6.78. The van der Waals surface area contributed by atoms with Gasteiger partial charge in [-0.1, -0.05) is 22.9 Å². The number of ether oxygens (including phenoxy) is 1. The number of aryl methyl sites for hydroxylation is 1. The van der Waals surface area contributed by atoms with E-state index in [4.69, 9.17) is 16.3 Å². The summed E-state index contributed by atoms with van der Waals surface area (Å²) in [6.45, 7) is 4.15. The number of carbonyl (C=O) groups is 2. The van der Waals surface area contributed by atoms with E-state index < -0.39 is 16.0 Å². The van der Waals surface area contributed by atoms with Crippen LogP contribution in [0, 0.1) is 12.8 Å². The largest absolute Gasteiger partial charge is 0.462 e. The number of carbonyl (C=O) groups excluding carboxylic acids is 2. The predicted molar refractivity (Wildman–Crippen MR) is 114 cm³/mol. The molecule has 1 aliphatic rings. The maximum atomic E-state index is 12.8. The lowest BCUT2D eigenvalue weighted by atomic mass is 9.97. The number of amides is 1. The van der Waals surface area contributed by atoms with Crippen LogP contribution in [0.3, 0.4) is 0 Å². The number of halogens is 1. The fourth-order valence-corrected chi connectivity index (χ4v) is 5.62. The quantitative estimate of drug-likeness (QED) is 0.648. The van der Waals surface area contributed by atoms with E-state index in [0.717, 1.165) is 11.3 Å².